The predicted octanol–water partition coefficient (Wildman–Crippen LogP) is 2.48. The van der Waals surface area contributed by atoms with Crippen molar-refractivity contribution in [2.45, 2.75) is 33.1 Å². The van der Waals surface area contributed by atoms with Gasteiger partial charge in [0.05, 0.1) is 0 Å². The third kappa shape index (κ3) is 2.58. The molecule has 1 aliphatic heterocycles. The minimum Gasteiger partial charge on any atom is -0.486 e. The fourth-order valence-corrected chi connectivity index (χ4v) is 2.20. The fourth-order valence-electron chi connectivity index (χ4n) is 2.20. The minimum atomic E-state index is -0.748. The van der Waals surface area contributed by atoms with Gasteiger partial charge in [0.1, 0.15) is 13.2 Å². The van der Waals surface area contributed by atoms with Gasteiger partial charge in [0.15, 0.2) is 11.5 Å². The predicted molar refractivity (Wildman–Crippen MR) is 67.5 cm³/mol. The Labute approximate surface area is 107 Å². The summed E-state index contributed by atoms with van der Waals surface area (Å²) in [6.45, 7) is 5.23. The lowest BCUT2D eigenvalue weighted by atomic mass is 9.97. The van der Waals surface area contributed by atoms with Gasteiger partial charge in [-0.2, -0.15) is 0 Å². The van der Waals surface area contributed by atoms with Crippen LogP contribution < -0.4 is 9.47 Å². The van der Waals surface area contributed by atoms with Crippen LogP contribution in [0.3, 0.4) is 0 Å². The number of ether oxygens (including phenoxy) is 2. The van der Waals surface area contributed by atoms with Crippen LogP contribution in [0, 0.1) is 13.8 Å². The molecular weight excluding hydrogens is 232 g/mol. The lowest BCUT2D eigenvalue weighted by Crippen LogP contribution is -2.17. The first-order valence-corrected chi connectivity index (χ1v) is 6.20. The molecule has 1 aromatic carbocycles. The monoisotopic (exact) mass is 250 g/mol. The summed E-state index contributed by atoms with van der Waals surface area (Å²) in [5.41, 5.74) is 3.42. The zero-order valence-electron chi connectivity index (χ0n) is 10.8. The number of carboxylic acids is 1. The summed E-state index contributed by atoms with van der Waals surface area (Å²) in [4.78, 5) is 10.5. The van der Waals surface area contributed by atoms with E-state index < -0.39 is 5.97 Å². The fraction of sp³-hybridized carbons (Fsp3) is 0.500. The summed E-state index contributed by atoms with van der Waals surface area (Å²) >= 11 is 0. The van der Waals surface area contributed by atoms with E-state index in [4.69, 9.17) is 14.6 Å². The minimum absolute atomic E-state index is 0.201. The van der Waals surface area contributed by atoms with Gasteiger partial charge in [-0.3, -0.25) is 4.79 Å². The standard InChI is InChI=1S/C14H18O4/c1-9-10(2)14-12(17-6-7-18-14)8-11(9)4-3-5-13(15)16/h8H,3-7H2,1-2H3,(H,15,16). The van der Waals surface area contributed by atoms with Crippen molar-refractivity contribution < 1.29 is 19.4 Å². The van der Waals surface area contributed by atoms with Gasteiger partial charge >= 0.3 is 5.97 Å². The van der Waals surface area contributed by atoms with Crippen LogP contribution in [0.25, 0.3) is 0 Å². The van der Waals surface area contributed by atoms with Gasteiger partial charge in [-0.1, -0.05) is 0 Å². The zero-order valence-corrected chi connectivity index (χ0v) is 10.8. The topological polar surface area (TPSA) is 55.8 Å². The normalized spacial score (nSPS) is 13.4. The van der Waals surface area contributed by atoms with Crippen molar-refractivity contribution in [3.05, 3.63) is 22.8 Å². The molecule has 0 aromatic heterocycles. The van der Waals surface area contributed by atoms with Crippen LogP contribution in [0.4, 0.5) is 0 Å². The summed E-state index contributed by atoms with van der Waals surface area (Å²) in [5, 5.41) is 8.66. The molecule has 98 valence electrons. The number of carbonyl (C=O) groups is 1. The highest BCUT2D eigenvalue weighted by Gasteiger charge is 2.18. The van der Waals surface area contributed by atoms with E-state index in [-0.39, 0.29) is 6.42 Å². The number of aliphatic carboxylic acids is 1. The summed E-state index contributed by atoms with van der Waals surface area (Å²) in [6, 6.07) is 1.98. The molecule has 4 heteroatoms. The molecule has 1 aromatic rings. The highest BCUT2D eigenvalue weighted by molar-refractivity contribution is 5.66. The first-order chi connectivity index (χ1) is 8.59. The van der Waals surface area contributed by atoms with Crippen molar-refractivity contribution in [1.29, 1.82) is 0 Å². The van der Waals surface area contributed by atoms with Crippen molar-refractivity contribution in [3.8, 4) is 11.5 Å². The Bertz CT molecular complexity index is 465. The Balaban J connectivity index is 2.20. The van der Waals surface area contributed by atoms with Gasteiger partial charge in [-0.15, -0.1) is 0 Å². The van der Waals surface area contributed by atoms with Crippen molar-refractivity contribution in [2.24, 2.45) is 0 Å². The molecule has 0 spiro atoms. The van der Waals surface area contributed by atoms with E-state index in [1.807, 2.05) is 19.9 Å². The molecule has 1 heterocycles. The Morgan fingerprint density at radius 3 is 2.72 bits per heavy atom. The molecule has 0 unspecified atom stereocenters. The Hall–Kier alpha value is -1.71. The Morgan fingerprint density at radius 1 is 1.28 bits per heavy atom. The summed E-state index contributed by atoms with van der Waals surface area (Å²) in [7, 11) is 0. The third-order valence-corrected chi connectivity index (χ3v) is 3.34. The molecule has 1 aliphatic rings. The lowest BCUT2D eigenvalue weighted by Gasteiger charge is -2.23. The van der Waals surface area contributed by atoms with Crippen LogP contribution in [0.5, 0.6) is 11.5 Å². The zero-order chi connectivity index (χ0) is 13.1. The second-order valence-electron chi connectivity index (χ2n) is 4.56. The van der Waals surface area contributed by atoms with Crippen LogP contribution >= 0.6 is 0 Å². The number of aryl methyl sites for hydroxylation is 1. The van der Waals surface area contributed by atoms with E-state index in [0.29, 0.717) is 19.6 Å². The van der Waals surface area contributed by atoms with Gasteiger partial charge in [-0.05, 0) is 49.4 Å². The highest BCUT2D eigenvalue weighted by Crippen LogP contribution is 2.37. The molecule has 18 heavy (non-hydrogen) atoms. The maximum atomic E-state index is 10.5. The van der Waals surface area contributed by atoms with Crippen LogP contribution in [-0.2, 0) is 11.2 Å². The molecule has 0 amide bonds. The quantitative estimate of drug-likeness (QED) is 0.892. The van der Waals surface area contributed by atoms with Gasteiger partial charge < -0.3 is 14.6 Å². The van der Waals surface area contributed by atoms with Crippen LogP contribution in [0.2, 0.25) is 0 Å². The summed E-state index contributed by atoms with van der Waals surface area (Å²) < 4.78 is 11.2. The number of rotatable bonds is 4. The van der Waals surface area contributed by atoms with Crippen molar-refractivity contribution in [2.75, 3.05) is 13.2 Å². The van der Waals surface area contributed by atoms with Gasteiger partial charge in [0.25, 0.3) is 0 Å². The van der Waals surface area contributed by atoms with E-state index in [1.54, 1.807) is 0 Å². The number of carboxylic acid groups (broad SMARTS) is 1. The van der Waals surface area contributed by atoms with E-state index in [1.165, 1.54) is 5.56 Å². The maximum absolute atomic E-state index is 10.5. The van der Waals surface area contributed by atoms with Crippen molar-refractivity contribution in [1.82, 2.24) is 0 Å². The molecule has 0 fully saturated rings. The molecule has 0 radical (unpaired) electrons. The molecule has 1 N–H and O–H groups in total. The molecule has 4 nitrogen and oxygen atoms in total. The highest BCUT2D eigenvalue weighted by atomic mass is 16.6. The van der Waals surface area contributed by atoms with E-state index in [9.17, 15) is 4.79 Å². The summed E-state index contributed by atoms with van der Waals surface area (Å²) in [5.74, 6) is 0.873. The smallest absolute Gasteiger partial charge is 0.303 e. The molecule has 0 saturated heterocycles. The van der Waals surface area contributed by atoms with E-state index in [0.717, 1.165) is 29.0 Å². The number of fused-ring (bicyclic) bond motifs is 1. The molecular formula is C14H18O4. The van der Waals surface area contributed by atoms with E-state index >= 15 is 0 Å². The third-order valence-electron chi connectivity index (χ3n) is 3.34. The maximum Gasteiger partial charge on any atom is 0.303 e. The lowest BCUT2D eigenvalue weighted by molar-refractivity contribution is -0.137. The van der Waals surface area contributed by atoms with Gasteiger partial charge in [0, 0.05) is 6.42 Å². The second-order valence-corrected chi connectivity index (χ2v) is 4.56. The Morgan fingerprint density at radius 2 is 2.00 bits per heavy atom. The second kappa shape index (κ2) is 5.29. The molecule has 0 saturated carbocycles. The average Bonchev–Trinajstić information content (AvgIpc) is 2.35. The molecule has 0 bridgehead atoms. The molecule has 0 atom stereocenters. The van der Waals surface area contributed by atoms with E-state index in [2.05, 4.69) is 0 Å². The molecule has 2 rings (SSSR count). The summed E-state index contributed by atoms with van der Waals surface area (Å²) in [6.07, 6.45) is 1.61. The van der Waals surface area contributed by atoms with Crippen molar-refractivity contribution >= 4 is 5.97 Å². The van der Waals surface area contributed by atoms with Crippen molar-refractivity contribution in [3.63, 3.8) is 0 Å². The van der Waals surface area contributed by atoms with Gasteiger partial charge in [0.2, 0.25) is 0 Å². The van der Waals surface area contributed by atoms with Crippen LogP contribution in [0.15, 0.2) is 6.07 Å². The number of hydrogen-bond acceptors (Lipinski definition) is 3. The largest absolute Gasteiger partial charge is 0.486 e. The number of benzene rings is 1. The number of hydrogen-bond donors (Lipinski definition) is 1. The Kier molecular flexibility index (Phi) is 3.75. The molecule has 0 aliphatic carbocycles. The average molecular weight is 250 g/mol. The first kappa shape index (κ1) is 12.7. The SMILES string of the molecule is Cc1c(CCCC(=O)O)cc2c(c1C)OCCO2. The van der Waals surface area contributed by atoms with Crippen LogP contribution in [0.1, 0.15) is 29.5 Å². The van der Waals surface area contributed by atoms with Gasteiger partial charge in [-0.25, -0.2) is 0 Å². The first-order valence-electron chi connectivity index (χ1n) is 6.20. The van der Waals surface area contributed by atoms with Crippen LogP contribution in [-0.4, -0.2) is 24.3 Å².